The Kier molecular flexibility index (Phi) is 5.37. The van der Waals surface area contributed by atoms with Crippen LogP contribution in [0.2, 0.25) is 0 Å². The molecule has 102 valence electrons. The molecule has 0 aliphatic carbocycles. The highest BCUT2D eigenvalue weighted by atomic mass is 79.9. The first-order valence-electron chi connectivity index (χ1n) is 5.59. The summed E-state index contributed by atoms with van der Waals surface area (Å²) in [5, 5.41) is 7.73. The predicted octanol–water partition coefficient (Wildman–Crippen LogP) is 3.50. The topological polar surface area (TPSA) is 29.0 Å². The van der Waals surface area contributed by atoms with Crippen LogP contribution in [0.4, 0.5) is 19.0 Å². The SMILES string of the molecule is CC(C)N(CCCBr)c1ccc(C(F)(F)F)nn1. The minimum Gasteiger partial charge on any atom is -0.353 e. The molecule has 0 saturated carbocycles. The van der Waals surface area contributed by atoms with Crippen molar-refractivity contribution < 1.29 is 13.2 Å². The Balaban J connectivity index is 2.87. The van der Waals surface area contributed by atoms with E-state index in [1.807, 2.05) is 18.7 Å². The van der Waals surface area contributed by atoms with E-state index in [1.165, 1.54) is 6.07 Å². The first kappa shape index (κ1) is 15.2. The van der Waals surface area contributed by atoms with Crippen LogP contribution in [-0.2, 0) is 6.18 Å². The van der Waals surface area contributed by atoms with Crippen LogP contribution in [0.5, 0.6) is 0 Å². The summed E-state index contributed by atoms with van der Waals surface area (Å²) < 4.78 is 37.1. The molecule has 0 saturated heterocycles. The Morgan fingerprint density at radius 3 is 2.33 bits per heavy atom. The molecule has 0 aromatic carbocycles. The van der Waals surface area contributed by atoms with Crippen molar-refractivity contribution in [3.8, 4) is 0 Å². The molecule has 0 spiro atoms. The third-order valence-corrected chi connectivity index (χ3v) is 2.95. The molecular weight excluding hydrogens is 311 g/mol. The Hall–Kier alpha value is -0.850. The molecule has 0 unspecified atom stereocenters. The largest absolute Gasteiger partial charge is 0.435 e. The number of anilines is 1. The summed E-state index contributed by atoms with van der Waals surface area (Å²) in [5.74, 6) is 0.471. The van der Waals surface area contributed by atoms with Gasteiger partial charge in [0.05, 0.1) is 0 Å². The van der Waals surface area contributed by atoms with E-state index in [0.717, 1.165) is 24.4 Å². The molecule has 1 heterocycles. The van der Waals surface area contributed by atoms with Crippen molar-refractivity contribution in [2.75, 3.05) is 16.8 Å². The summed E-state index contributed by atoms with van der Waals surface area (Å²) in [4.78, 5) is 1.93. The number of hydrogen-bond donors (Lipinski definition) is 0. The quantitative estimate of drug-likeness (QED) is 0.776. The lowest BCUT2D eigenvalue weighted by Gasteiger charge is -2.27. The Morgan fingerprint density at radius 1 is 1.28 bits per heavy atom. The van der Waals surface area contributed by atoms with Gasteiger partial charge < -0.3 is 4.90 Å². The maximum Gasteiger partial charge on any atom is 0.435 e. The Bertz CT molecular complexity index is 365. The van der Waals surface area contributed by atoms with Crippen LogP contribution < -0.4 is 4.90 Å². The second kappa shape index (κ2) is 6.36. The molecule has 1 aromatic heterocycles. The maximum absolute atomic E-state index is 12.4. The van der Waals surface area contributed by atoms with E-state index in [1.54, 1.807) is 0 Å². The van der Waals surface area contributed by atoms with Crippen LogP contribution in [0.3, 0.4) is 0 Å². The van der Waals surface area contributed by atoms with Crippen LogP contribution >= 0.6 is 15.9 Å². The van der Waals surface area contributed by atoms with Gasteiger partial charge in [-0.2, -0.15) is 13.2 Å². The molecule has 3 nitrogen and oxygen atoms in total. The Labute approximate surface area is 113 Å². The zero-order valence-electron chi connectivity index (χ0n) is 10.2. The highest BCUT2D eigenvalue weighted by molar-refractivity contribution is 9.09. The zero-order chi connectivity index (χ0) is 13.8. The average Bonchev–Trinajstić information content (AvgIpc) is 2.28. The van der Waals surface area contributed by atoms with Gasteiger partial charge in [-0.1, -0.05) is 15.9 Å². The molecular formula is C11H15BrF3N3. The van der Waals surface area contributed by atoms with E-state index in [-0.39, 0.29) is 6.04 Å². The van der Waals surface area contributed by atoms with Crippen LogP contribution in [0, 0.1) is 0 Å². The van der Waals surface area contributed by atoms with E-state index in [0.29, 0.717) is 5.82 Å². The second-order valence-corrected chi connectivity index (χ2v) is 4.90. The van der Waals surface area contributed by atoms with E-state index in [9.17, 15) is 13.2 Å². The average molecular weight is 326 g/mol. The van der Waals surface area contributed by atoms with Crippen molar-refractivity contribution in [3.63, 3.8) is 0 Å². The summed E-state index contributed by atoms with van der Waals surface area (Å²) in [6, 6.07) is 2.49. The van der Waals surface area contributed by atoms with Crippen molar-refractivity contribution in [3.05, 3.63) is 17.8 Å². The first-order valence-corrected chi connectivity index (χ1v) is 6.72. The molecule has 0 radical (unpaired) electrons. The minimum atomic E-state index is -4.44. The molecule has 0 fully saturated rings. The lowest BCUT2D eigenvalue weighted by atomic mass is 10.2. The van der Waals surface area contributed by atoms with E-state index in [2.05, 4.69) is 26.1 Å². The third kappa shape index (κ3) is 4.12. The number of rotatable bonds is 5. The minimum absolute atomic E-state index is 0.162. The number of halogens is 4. The van der Waals surface area contributed by atoms with Gasteiger partial charge in [-0.3, -0.25) is 0 Å². The van der Waals surface area contributed by atoms with Crippen LogP contribution in [0.1, 0.15) is 26.0 Å². The second-order valence-electron chi connectivity index (χ2n) is 4.10. The molecule has 18 heavy (non-hydrogen) atoms. The molecule has 0 aliphatic heterocycles. The lowest BCUT2D eigenvalue weighted by molar-refractivity contribution is -0.141. The van der Waals surface area contributed by atoms with Crippen LogP contribution in [0.25, 0.3) is 0 Å². The van der Waals surface area contributed by atoms with Crippen LogP contribution in [0.15, 0.2) is 12.1 Å². The normalized spacial score (nSPS) is 11.9. The van der Waals surface area contributed by atoms with Gasteiger partial charge >= 0.3 is 6.18 Å². The molecule has 0 aliphatic rings. The van der Waals surface area contributed by atoms with Gasteiger partial charge in [-0.05, 0) is 32.4 Å². The molecule has 0 N–H and O–H groups in total. The van der Waals surface area contributed by atoms with Gasteiger partial charge in [0.1, 0.15) is 0 Å². The lowest BCUT2D eigenvalue weighted by Crippen LogP contribution is -2.33. The first-order chi connectivity index (χ1) is 8.36. The fourth-order valence-electron chi connectivity index (χ4n) is 1.50. The van der Waals surface area contributed by atoms with Gasteiger partial charge in [-0.25, -0.2) is 0 Å². The van der Waals surface area contributed by atoms with Crippen molar-refractivity contribution in [1.29, 1.82) is 0 Å². The summed E-state index contributed by atoms with van der Waals surface area (Å²) in [6.07, 6.45) is -3.55. The number of hydrogen-bond acceptors (Lipinski definition) is 3. The van der Waals surface area contributed by atoms with E-state index in [4.69, 9.17) is 0 Å². The van der Waals surface area contributed by atoms with Crippen molar-refractivity contribution >= 4 is 21.7 Å². The third-order valence-electron chi connectivity index (χ3n) is 2.39. The highest BCUT2D eigenvalue weighted by Gasteiger charge is 2.33. The molecule has 7 heteroatoms. The van der Waals surface area contributed by atoms with Crippen LogP contribution in [-0.4, -0.2) is 28.1 Å². The zero-order valence-corrected chi connectivity index (χ0v) is 11.8. The molecule has 0 bridgehead atoms. The summed E-state index contributed by atoms with van der Waals surface area (Å²) in [6.45, 7) is 4.66. The van der Waals surface area contributed by atoms with Gasteiger partial charge in [0, 0.05) is 17.9 Å². The molecule has 1 rings (SSSR count). The molecule has 0 atom stereocenters. The molecule has 1 aromatic rings. The van der Waals surface area contributed by atoms with Crippen molar-refractivity contribution in [2.24, 2.45) is 0 Å². The summed E-state index contributed by atoms with van der Waals surface area (Å²) in [5.41, 5.74) is -0.963. The molecule has 0 amide bonds. The Morgan fingerprint density at radius 2 is 1.94 bits per heavy atom. The smallest absolute Gasteiger partial charge is 0.353 e. The van der Waals surface area contributed by atoms with E-state index < -0.39 is 11.9 Å². The standard InChI is InChI=1S/C11H15BrF3N3/c1-8(2)18(7-3-6-12)10-5-4-9(16-17-10)11(13,14)15/h4-5,8H,3,6-7H2,1-2H3. The van der Waals surface area contributed by atoms with Gasteiger partial charge in [0.2, 0.25) is 0 Å². The fraction of sp³-hybridized carbons (Fsp3) is 0.636. The maximum atomic E-state index is 12.4. The monoisotopic (exact) mass is 325 g/mol. The summed E-state index contributed by atoms with van der Waals surface area (Å²) in [7, 11) is 0. The predicted molar refractivity (Wildman–Crippen MR) is 67.9 cm³/mol. The fourth-order valence-corrected chi connectivity index (χ4v) is 1.75. The van der Waals surface area contributed by atoms with Gasteiger partial charge in [-0.15, -0.1) is 10.2 Å². The highest BCUT2D eigenvalue weighted by Crippen LogP contribution is 2.27. The van der Waals surface area contributed by atoms with Gasteiger partial charge in [0.15, 0.2) is 11.5 Å². The van der Waals surface area contributed by atoms with E-state index >= 15 is 0 Å². The van der Waals surface area contributed by atoms with Crippen molar-refractivity contribution in [1.82, 2.24) is 10.2 Å². The number of aromatic nitrogens is 2. The number of nitrogens with zero attached hydrogens (tertiary/aromatic N) is 3. The van der Waals surface area contributed by atoms with Gasteiger partial charge in [0.25, 0.3) is 0 Å². The van der Waals surface area contributed by atoms with Crippen molar-refractivity contribution in [2.45, 2.75) is 32.5 Å². The summed E-state index contributed by atoms with van der Waals surface area (Å²) >= 11 is 3.33. The number of alkyl halides is 4.